The van der Waals surface area contributed by atoms with Crippen LogP contribution in [0.25, 0.3) is 0 Å². The first-order chi connectivity index (χ1) is 12.2. The van der Waals surface area contributed by atoms with Gasteiger partial charge in [-0.1, -0.05) is 19.8 Å². The van der Waals surface area contributed by atoms with Crippen LogP contribution in [0.1, 0.15) is 78.6 Å². The summed E-state index contributed by atoms with van der Waals surface area (Å²) in [7, 11) is 0. The van der Waals surface area contributed by atoms with Gasteiger partial charge in [-0.15, -0.1) is 6.42 Å². The van der Waals surface area contributed by atoms with Gasteiger partial charge in [0.2, 0.25) is 0 Å². The maximum Gasteiger partial charge on any atom is 0.302 e. The van der Waals surface area contributed by atoms with Crippen LogP contribution in [-0.2, 0) is 9.53 Å². The smallest absolute Gasteiger partial charge is 0.302 e. The third-order valence-corrected chi connectivity index (χ3v) is 9.22. The Morgan fingerprint density at radius 3 is 2.46 bits per heavy atom. The van der Waals surface area contributed by atoms with Gasteiger partial charge >= 0.3 is 5.97 Å². The van der Waals surface area contributed by atoms with Gasteiger partial charge < -0.3 is 9.84 Å². The van der Waals surface area contributed by atoms with Gasteiger partial charge in [0, 0.05) is 12.3 Å². The summed E-state index contributed by atoms with van der Waals surface area (Å²) >= 11 is 0. The number of esters is 1. The first-order valence-electron chi connectivity index (χ1n) is 10.6. The van der Waals surface area contributed by atoms with E-state index >= 15 is 0 Å². The van der Waals surface area contributed by atoms with E-state index in [0.29, 0.717) is 17.3 Å². The molecule has 4 rings (SSSR count). The standard InChI is InChI=1S/C23H34O3/c1-5-23(25)13-12-21(3)16(14-23)6-7-17-18-8-9-20(26-15(2)24)22(18,4)11-10-19(17)21/h1,16-20,25H,6-14H2,2-4H3/t16-,17-,18-,19-,20-,21-,22-,23-/m0/s1. The van der Waals surface area contributed by atoms with E-state index in [9.17, 15) is 9.90 Å². The van der Waals surface area contributed by atoms with Crippen LogP contribution in [0.15, 0.2) is 0 Å². The fourth-order valence-electron chi connectivity index (χ4n) is 7.72. The average molecular weight is 359 g/mol. The number of ether oxygens (including phenoxy) is 1. The van der Waals surface area contributed by atoms with Crippen molar-refractivity contribution in [3.63, 3.8) is 0 Å². The zero-order valence-electron chi connectivity index (χ0n) is 16.6. The van der Waals surface area contributed by atoms with Gasteiger partial charge in [-0.2, -0.15) is 0 Å². The highest BCUT2D eigenvalue weighted by Crippen LogP contribution is 2.67. The summed E-state index contributed by atoms with van der Waals surface area (Å²) in [6.07, 6.45) is 15.4. The van der Waals surface area contributed by atoms with Crippen LogP contribution < -0.4 is 0 Å². The van der Waals surface area contributed by atoms with Crippen LogP contribution in [0.5, 0.6) is 0 Å². The zero-order valence-corrected chi connectivity index (χ0v) is 16.6. The monoisotopic (exact) mass is 358 g/mol. The molecule has 0 aromatic heterocycles. The highest BCUT2D eigenvalue weighted by Gasteiger charge is 2.61. The Hall–Kier alpha value is -1.01. The highest BCUT2D eigenvalue weighted by molar-refractivity contribution is 5.66. The molecule has 0 bridgehead atoms. The summed E-state index contributed by atoms with van der Waals surface area (Å²) in [5, 5.41) is 10.7. The lowest BCUT2D eigenvalue weighted by atomic mass is 9.44. The Labute approximate surface area is 158 Å². The van der Waals surface area contributed by atoms with Crippen LogP contribution in [0, 0.1) is 46.8 Å². The molecule has 1 N–H and O–H groups in total. The Morgan fingerprint density at radius 1 is 1.04 bits per heavy atom. The first-order valence-corrected chi connectivity index (χ1v) is 10.6. The van der Waals surface area contributed by atoms with E-state index in [-0.39, 0.29) is 17.5 Å². The number of aliphatic hydroxyl groups is 1. The van der Waals surface area contributed by atoms with Crippen LogP contribution in [-0.4, -0.2) is 22.8 Å². The van der Waals surface area contributed by atoms with E-state index in [4.69, 9.17) is 11.2 Å². The SMILES string of the molecule is C#C[C@]1(O)CC[C@@]2(C)[C@@H](CC[C@@H]3[C@@H]2CC[C@]2(C)[C@@H](OC(C)=O)CC[C@@H]32)C1. The van der Waals surface area contributed by atoms with E-state index in [1.165, 1.54) is 32.1 Å². The summed E-state index contributed by atoms with van der Waals surface area (Å²) in [6, 6.07) is 0. The van der Waals surface area contributed by atoms with Crippen LogP contribution in [0.4, 0.5) is 0 Å². The molecule has 4 fully saturated rings. The topological polar surface area (TPSA) is 46.5 Å². The minimum Gasteiger partial charge on any atom is -0.462 e. The van der Waals surface area contributed by atoms with Crippen LogP contribution in [0.2, 0.25) is 0 Å². The van der Waals surface area contributed by atoms with E-state index in [1.807, 2.05) is 0 Å². The van der Waals surface area contributed by atoms with Crippen molar-refractivity contribution in [3.8, 4) is 12.3 Å². The second-order valence-electron chi connectivity index (χ2n) is 10.3. The molecule has 0 aliphatic heterocycles. The second-order valence-corrected chi connectivity index (χ2v) is 10.3. The maximum atomic E-state index is 11.6. The van der Waals surface area contributed by atoms with Crippen molar-refractivity contribution in [1.29, 1.82) is 0 Å². The van der Waals surface area contributed by atoms with E-state index in [2.05, 4.69) is 19.8 Å². The van der Waals surface area contributed by atoms with Crippen molar-refractivity contribution in [2.75, 3.05) is 0 Å². The molecule has 4 aliphatic carbocycles. The van der Waals surface area contributed by atoms with Gasteiger partial charge in [-0.25, -0.2) is 0 Å². The molecule has 4 saturated carbocycles. The zero-order chi connectivity index (χ0) is 18.7. The van der Waals surface area contributed by atoms with E-state index in [1.54, 1.807) is 6.92 Å². The largest absolute Gasteiger partial charge is 0.462 e. The molecule has 0 unspecified atom stereocenters. The highest BCUT2D eigenvalue weighted by atomic mass is 16.5. The molecule has 8 atom stereocenters. The molecule has 144 valence electrons. The minimum absolute atomic E-state index is 0.106. The minimum atomic E-state index is -0.881. The number of fused-ring (bicyclic) bond motifs is 5. The molecule has 4 aliphatic rings. The molecular weight excluding hydrogens is 324 g/mol. The number of hydrogen-bond acceptors (Lipinski definition) is 3. The van der Waals surface area contributed by atoms with Crippen LogP contribution in [0.3, 0.4) is 0 Å². The number of hydrogen-bond donors (Lipinski definition) is 1. The van der Waals surface area contributed by atoms with E-state index in [0.717, 1.165) is 37.5 Å². The number of rotatable bonds is 1. The van der Waals surface area contributed by atoms with Crippen molar-refractivity contribution in [1.82, 2.24) is 0 Å². The third-order valence-electron chi connectivity index (χ3n) is 9.22. The molecule has 0 spiro atoms. The molecule has 3 heteroatoms. The van der Waals surface area contributed by atoms with E-state index < -0.39 is 5.60 Å². The number of carbonyl (C=O) groups excluding carboxylic acids is 1. The Morgan fingerprint density at radius 2 is 1.77 bits per heavy atom. The van der Waals surface area contributed by atoms with Crippen molar-refractivity contribution in [3.05, 3.63) is 0 Å². The molecule has 26 heavy (non-hydrogen) atoms. The molecule has 0 aromatic rings. The summed E-state index contributed by atoms with van der Waals surface area (Å²) in [5.41, 5.74) is -0.412. The number of carbonyl (C=O) groups is 1. The van der Waals surface area contributed by atoms with Gasteiger partial charge in [-0.05, 0) is 86.9 Å². The average Bonchev–Trinajstić information content (AvgIpc) is 2.92. The normalized spacial score (nSPS) is 53.0. The van der Waals surface area contributed by atoms with Crippen molar-refractivity contribution >= 4 is 5.97 Å². The molecule has 0 saturated heterocycles. The molecule has 0 amide bonds. The molecule has 0 aromatic carbocycles. The van der Waals surface area contributed by atoms with Gasteiger partial charge in [0.05, 0.1) is 0 Å². The fraction of sp³-hybridized carbons (Fsp3) is 0.870. The summed E-state index contributed by atoms with van der Waals surface area (Å²) in [4.78, 5) is 11.6. The Balaban J connectivity index is 1.57. The lowest BCUT2D eigenvalue weighted by Crippen LogP contribution is -2.56. The predicted octanol–water partition coefficient (Wildman–Crippen LogP) is 4.33. The predicted molar refractivity (Wildman–Crippen MR) is 101 cm³/mol. The number of terminal acetylenes is 1. The van der Waals surface area contributed by atoms with Gasteiger partial charge in [0.1, 0.15) is 11.7 Å². The third kappa shape index (κ3) is 2.55. The van der Waals surface area contributed by atoms with Gasteiger partial charge in [-0.3, -0.25) is 4.79 Å². The molecule has 0 radical (unpaired) electrons. The molecular formula is C23H34O3. The lowest BCUT2D eigenvalue weighted by Gasteiger charge is -2.61. The summed E-state index contributed by atoms with van der Waals surface area (Å²) in [5.74, 6) is 5.25. The summed E-state index contributed by atoms with van der Waals surface area (Å²) in [6.45, 7) is 6.40. The van der Waals surface area contributed by atoms with Crippen molar-refractivity contribution in [2.45, 2.75) is 90.3 Å². The second kappa shape index (κ2) is 5.99. The van der Waals surface area contributed by atoms with Crippen LogP contribution >= 0.6 is 0 Å². The molecule has 3 nitrogen and oxygen atoms in total. The Kier molecular flexibility index (Phi) is 4.23. The Bertz CT molecular complexity index is 636. The van der Waals surface area contributed by atoms with Crippen molar-refractivity contribution < 1.29 is 14.6 Å². The fourth-order valence-corrected chi connectivity index (χ4v) is 7.72. The first kappa shape index (κ1) is 18.4. The molecule has 0 heterocycles. The summed E-state index contributed by atoms with van der Waals surface area (Å²) < 4.78 is 5.74. The quantitative estimate of drug-likeness (QED) is 0.561. The van der Waals surface area contributed by atoms with Gasteiger partial charge in [0.25, 0.3) is 0 Å². The van der Waals surface area contributed by atoms with Gasteiger partial charge in [0.15, 0.2) is 0 Å². The maximum absolute atomic E-state index is 11.6. The van der Waals surface area contributed by atoms with Crippen molar-refractivity contribution in [2.24, 2.45) is 34.5 Å². The lowest BCUT2D eigenvalue weighted by molar-refractivity contribution is -0.165.